The molecule has 0 aromatic heterocycles. The van der Waals surface area contributed by atoms with Crippen LogP contribution in [0.15, 0.2) is 21.5 Å². The summed E-state index contributed by atoms with van der Waals surface area (Å²) >= 11 is 3.16. The highest BCUT2D eigenvalue weighted by Crippen LogP contribution is 2.35. The summed E-state index contributed by atoms with van der Waals surface area (Å²) in [6, 6.07) is 2.77. The van der Waals surface area contributed by atoms with E-state index in [-0.39, 0.29) is 21.7 Å². The molecule has 1 aromatic rings. The van der Waals surface area contributed by atoms with Crippen molar-refractivity contribution in [1.29, 1.82) is 0 Å². The highest BCUT2D eigenvalue weighted by molar-refractivity contribution is 9.10. The van der Waals surface area contributed by atoms with Gasteiger partial charge in [0.2, 0.25) is 10.0 Å². The van der Waals surface area contributed by atoms with Crippen molar-refractivity contribution in [3.63, 3.8) is 0 Å². The van der Waals surface area contributed by atoms with Crippen molar-refractivity contribution in [3.8, 4) is 11.5 Å². The Bertz CT molecular complexity index is 602. The van der Waals surface area contributed by atoms with E-state index in [1.807, 2.05) is 0 Å². The van der Waals surface area contributed by atoms with Gasteiger partial charge in [0.25, 0.3) is 0 Å². The molecule has 0 spiro atoms. The molecule has 120 valence electrons. The van der Waals surface area contributed by atoms with Crippen LogP contribution < -0.4 is 14.2 Å². The average Bonchev–Trinajstić information content (AvgIpc) is 2.44. The molecule has 3 N–H and O–H groups in total. The van der Waals surface area contributed by atoms with Gasteiger partial charge in [-0.25, -0.2) is 13.1 Å². The van der Waals surface area contributed by atoms with Crippen molar-refractivity contribution < 1.29 is 28.1 Å². The van der Waals surface area contributed by atoms with E-state index >= 15 is 0 Å². The smallest absolute Gasteiger partial charge is 0.241 e. The van der Waals surface area contributed by atoms with Gasteiger partial charge in [0.1, 0.15) is 4.90 Å². The van der Waals surface area contributed by atoms with Crippen molar-refractivity contribution in [2.45, 2.75) is 17.4 Å². The van der Waals surface area contributed by atoms with E-state index in [2.05, 4.69) is 20.7 Å². The molecule has 0 aliphatic carbocycles. The Morgan fingerprint density at radius 2 is 1.81 bits per heavy atom. The zero-order valence-corrected chi connectivity index (χ0v) is 14.3. The summed E-state index contributed by atoms with van der Waals surface area (Å²) in [5.74, 6) is 0.640. The highest BCUT2D eigenvalue weighted by Gasteiger charge is 2.26. The summed E-state index contributed by atoms with van der Waals surface area (Å²) in [7, 11) is -1.06. The second-order valence-corrected chi connectivity index (χ2v) is 7.21. The molecule has 0 aliphatic heterocycles. The largest absolute Gasteiger partial charge is 0.493 e. The normalized spacial score (nSPS) is 14.6. The molecule has 0 fully saturated rings. The topological polar surface area (TPSA) is 105 Å². The third-order valence-electron chi connectivity index (χ3n) is 2.71. The predicted molar refractivity (Wildman–Crippen MR) is 80.1 cm³/mol. The molecule has 0 saturated carbocycles. The Balaban J connectivity index is 3.14. The molecule has 1 atom stereocenters. The molecular formula is C12H18BrNO6S. The summed E-state index contributed by atoms with van der Waals surface area (Å²) in [4.78, 5) is -0.0612. The lowest BCUT2D eigenvalue weighted by molar-refractivity contribution is 0.00681. The van der Waals surface area contributed by atoms with Crippen LogP contribution in [0.25, 0.3) is 0 Å². The van der Waals surface area contributed by atoms with Gasteiger partial charge in [-0.2, -0.15) is 0 Å². The number of methoxy groups -OCH3 is 2. The monoisotopic (exact) mass is 383 g/mol. The fraction of sp³-hybridized carbons (Fsp3) is 0.500. The number of benzene rings is 1. The van der Waals surface area contributed by atoms with Crippen molar-refractivity contribution >= 4 is 26.0 Å². The lowest BCUT2D eigenvalue weighted by atomic mass is 10.1. The van der Waals surface area contributed by atoms with Gasteiger partial charge in [-0.1, -0.05) is 0 Å². The summed E-state index contributed by atoms with van der Waals surface area (Å²) in [5, 5.41) is 18.6. The second-order valence-electron chi connectivity index (χ2n) is 4.62. The molecule has 0 bridgehead atoms. The molecule has 7 nitrogen and oxygen atoms in total. The minimum absolute atomic E-state index is 0.0612. The van der Waals surface area contributed by atoms with Gasteiger partial charge in [-0.05, 0) is 28.9 Å². The van der Waals surface area contributed by atoms with Gasteiger partial charge >= 0.3 is 0 Å². The average molecular weight is 384 g/mol. The van der Waals surface area contributed by atoms with Gasteiger partial charge in [-0.3, -0.25) is 0 Å². The number of halogens is 1. The van der Waals surface area contributed by atoms with Crippen molar-refractivity contribution in [2.75, 3.05) is 27.4 Å². The van der Waals surface area contributed by atoms with E-state index in [9.17, 15) is 13.5 Å². The van der Waals surface area contributed by atoms with Crippen LogP contribution in [0.2, 0.25) is 0 Å². The number of hydrogen-bond acceptors (Lipinski definition) is 6. The van der Waals surface area contributed by atoms with Gasteiger partial charge in [0.05, 0.1) is 26.4 Å². The van der Waals surface area contributed by atoms with Gasteiger partial charge in [0, 0.05) is 17.1 Å². The molecule has 21 heavy (non-hydrogen) atoms. The molecule has 0 aliphatic rings. The molecule has 0 radical (unpaired) electrons. The predicted octanol–water partition coefficient (Wildman–Crippen LogP) is 0.488. The Morgan fingerprint density at radius 1 is 1.29 bits per heavy atom. The highest BCUT2D eigenvalue weighted by atomic mass is 79.9. The van der Waals surface area contributed by atoms with Crippen molar-refractivity contribution in [1.82, 2.24) is 4.72 Å². The Hall–Kier alpha value is -0.870. The first-order valence-electron chi connectivity index (χ1n) is 5.91. The maximum atomic E-state index is 12.3. The molecule has 1 rings (SSSR count). The van der Waals surface area contributed by atoms with Crippen LogP contribution in [-0.2, 0) is 10.0 Å². The molecule has 1 aromatic carbocycles. The lowest BCUT2D eigenvalue weighted by Crippen LogP contribution is -2.43. The Morgan fingerprint density at radius 3 is 2.29 bits per heavy atom. The molecule has 0 saturated heterocycles. The fourth-order valence-electron chi connectivity index (χ4n) is 1.43. The van der Waals surface area contributed by atoms with Crippen LogP contribution in [0, 0.1) is 0 Å². The van der Waals surface area contributed by atoms with Crippen LogP contribution >= 0.6 is 15.9 Å². The van der Waals surface area contributed by atoms with Gasteiger partial charge in [-0.15, -0.1) is 0 Å². The van der Waals surface area contributed by atoms with Gasteiger partial charge < -0.3 is 19.7 Å². The lowest BCUT2D eigenvalue weighted by Gasteiger charge is -2.21. The molecular weight excluding hydrogens is 366 g/mol. The van der Waals surface area contributed by atoms with Crippen molar-refractivity contribution in [2.24, 2.45) is 0 Å². The SMILES string of the molecule is COc1cc(Br)c(S(=O)(=O)NCC(C)(O)CO)cc1OC. The van der Waals surface area contributed by atoms with E-state index in [1.165, 1.54) is 33.3 Å². The molecule has 0 heterocycles. The number of aliphatic hydroxyl groups is 2. The summed E-state index contributed by atoms with van der Waals surface area (Å²) in [6.45, 7) is 0.425. The quantitative estimate of drug-likeness (QED) is 0.632. The molecule has 9 heteroatoms. The first-order chi connectivity index (χ1) is 9.66. The standard InChI is InChI=1S/C12H18BrNO6S/c1-12(16,7-15)6-14-21(17,18)11-5-10(20-3)9(19-2)4-8(11)13/h4-5,14-16H,6-7H2,1-3H3. The summed E-state index contributed by atoms with van der Waals surface area (Å²) in [5.41, 5.74) is -1.55. The number of hydrogen-bond donors (Lipinski definition) is 3. The maximum Gasteiger partial charge on any atom is 0.241 e. The third kappa shape index (κ3) is 4.55. The first kappa shape index (κ1) is 18.2. The van der Waals surface area contributed by atoms with Crippen molar-refractivity contribution in [3.05, 3.63) is 16.6 Å². The molecule has 1 unspecified atom stereocenters. The molecule has 0 amide bonds. The van der Waals surface area contributed by atoms with Crippen LogP contribution in [0.1, 0.15) is 6.92 Å². The van der Waals surface area contributed by atoms with Crippen LogP contribution in [0.4, 0.5) is 0 Å². The van der Waals surface area contributed by atoms with Crippen LogP contribution in [0.5, 0.6) is 11.5 Å². The van der Waals surface area contributed by atoms with E-state index in [1.54, 1.807) is 0 Å². The number of rotatable bonds is 7. The Kier molecular flexibility index (Phi) is 6.00. The summed E-state index contributed by atoms with van der Waals surface area (Å²) < 4.78 is 37.2. The minimum Gasteiger partial charge on any atom is -0.493 e. The number of aliphatic hydroxyl groups excluding tert-OH is 1. The maximum absolute atomic E-state index is 12.3. The zero-order valence-electron chi connectivity index (χ0n) is 11.9. The van der Waals surface area contributed by atoms with E-state index in [0.717, 1.165) is 0 Å². The zero-order chi connectivity index (χ0) is 16.3. The van der Waals surface area contributed by atoms with Gasteiger partial charge in [0.15, 0.2) is 11.5 Å². The Labute approximate surface area is 132 Å². The number of sulfonamides is 1. The first-order valence-corrected chi connectivity index (χ1v) is 8.19. The number of ether oxygens (including phenoxy) is 2. The van der Waals surface area contributed by atoms with Crippen LogP contribution in [0.3, 0.4) is 0 Å². The fourth-order valence-corrected chi connectivity index (χ4v) is 3.62. The van der Waals surface area contributed by atoms with Crippen LogP contribution in [-0.4, -0.2) is 51.6 Å². The third-order valence-corrected chi connectivity index (χ3v) is 5.07. The van der Waals surface area contributed by atoms with E-state index < -0.39 is 22.2 Å². The second kappa shape index (κ2) is 6.93. The number of nitrogens with one attached hydrogen (secondary N) is 1. The van der Waals surface area contributed by atoms with E-state index in [0.29, 0.717) is 5.75 Å². The minimum atomic E-state index is -3.90. The summed E-state index contributed by atoms with van der Waals surface area (Å²) in [6.07, 6.45) is 0. The van der Waals surface area contributed by atoms with E-state index in [4.69, 9.17) is 14.6 Å².